The highest BCUT2D eigenvalue weighted by molar-refractivity contribution is 7.89. The van der Waals surface area contributed by atoms with Gasteiger partial charge in [-0.3, -0.25) is 9.59 Å². The first-order valence-corrected chi connectivity index (χ1v) is 13.5. The van der Waals surface area contributed by atoms with E-state index in [0.717, 1.165) is 19.3 Å². The summed E-state index contributed by atoms with van der Waals surface area (Å²) in [5, 5.41) is 2.73. The molecule has 2 unspecified atom stereocenters. The minimum absolute atomic E-state index is 0.239. The van der Waals surface area contributed by atoms with Gasteiger partial charge in [0.1, 0.15) is 0 Å². The molecule has 8 heteroatoms. The molecule has 4 bridgehead atoms. The van der Waals surface area contributed by atoms with Crippen molar-refractivity contribution in [3.63, 3.8) is 0 Å². The quantitative estimate of drug-likeness (QED) is 0.688. The van der Waals surface area contributed by atoms with Crippen LogP contribution in [-0.2, 0) is 19.6 Å². The predicted molar refractivity (Wildman–Crippen MR) is 124 cm³/mol. The van der Waals surface area contributed by atoms with Gasteiger partial charge in [0.25, 0.3) is 0 Å². The monoisotopic (exact) mass is 469 g/mol. The summed E-state index contributed by atoms with van der Waals surface area (Å²) in [6, 6.07) is 4.20. The predicted octanol–water partition coefficient (Wildman–Crippen LogP) is 3.30. The Balaban J connectivity index is 1.32. The molecule has 5 fully saturated rings. The van der Waals surface area contributed by atoms with Crippen molar-refractivity contribution in [3.05, 3.63) is 36.4 Å². The van der Waals surface area contributed by atoms with E-state index in [4.69, 9.17) is 0 Å². The molecule has 2 heterocycles. The zero-order valence-electron chi connectivity index (χ0n) is 19.0. The molecule has 4 saturated carbocycles. The van der Waals surface area contributed by atoms with Gasteiger partial charge in [-0.1, -0.05) is 6.58 Å². The Morgan fingerprint density at radius 3 is 2.33 bits per heavy atom. The summed E-state index contributed by atoms with van der Waals surface area (Å²) in [5.74, 6) is 1.95. The van der Waals surface area contributed by atoms with Crippen LogP contribution in [0.2, 0.25) is 0 Å². The maximum absolute atomic E-state index is 14.0. The van der Waals surface area contributed by atoms with Crippen LogP contribution < -0.4 is 5.32 Å². The van der Waals surface area contributed by atoms with Crippen molar-refractivity contribution >= 4 is 27.5 Å². The first kappa shape index (κ1) is 21.4. The van der Waals surface area contributed by atoms with Crippen LogP contribution in [0.25, 0.3) is 0 Å². The summed E-state index contributed by atoms with van der Waals surface area (Å²) >= 11 is 0. The van der Waals surface area contributed by atoms with Crippen molar-refractivity contribution in [3.8, 4) is 0 Å². The summed E-state index contributed by atoms with van der Waals surface area (Å²) in [6.45, 7) is 6.18. The van der Waals surface area contributed by atoms with Crippen LogP contribution in [-0.4, -0.2) is 48.6 Å². The van der Waals surface area contributed by atoms with Gasteiger partial charge in [-0.05, 0) is 93.0 Å². The van der Waals surface area contributed by atoms with E-state index in [-0.39, 0.29) is 28.2 Å². The third-order valence-electron chi connectivity index (χ3n) is 8.78. The van der Waals surface area contributed by atoms with Crippen molar-refractivity contribution in [1.29, 1.82) is 0 Å². The number of piperazine rings is 1. The molecular weight excluding hydrogens is 438 g/mol. The largest absolute Gasteiger partial charge is 0.339 e. The van der Waals surface area contributed by atoms with Crippen LogP contribution in [0, 0.1) is 23.2 Å². The van der Waals surface area contributed by atoms with Crippen molar-refractivity contribution in [2.24, 2.45) is 23.2 Å². The highest BCUT2D eigenvalue weighted by Crippen LogP contribution is 2.61. The van der Waals surface area contributed by atoms with Crippen LogP contribution in [0.15, 0.2) is 35.7 Å². The third-order valence-corrected chi connectivity index (χ3v) is 10.9. The molecule has 7 nitrogen and oxygen atoms in total. The molecule has 0 spiro atoms. The van der Waals surface area contributed by atoms with E-state index < -0.39 is 16.1 Å². The van der Waals surface area contributed by atoms with Gasteiger partial charge in [0.05, 0.1) is 16.4 Å². The van der Waals surface area contributed by atoms with Gasteiger partial charge < -0.3 is 10.2 Å². The van der Waals surface area contributed by atoms with Crippen LogP contribution >= 0.6 is 0 Å². The van der Waals surface area contributed by atoms with Crippen LogP contribution in [0.1, 0.15) is 57.1 Å². The number of sulfonamides is 1. The Hall–Kier alpha value is -2.19. The standard InChI is InChI=1S/C25H31N3O4S/c1-3-23(29)26-19-4-5-22-20(9-19)21-14-27(13-15(2)28(21)33(22,31)32)24(30)25-10-16-6-17(11-25)8-18(7-16)12-25/h3-5,9,15-18,21H,1,6-8,10-14H2,2H3,(H,26,29). The average Bonchev–Trinajstić information content (AvgIpc) is 2.99. The fourth-order valence-corrected chi connectivity index (χ4v) is 10.0. The van der Waals surface area contributed by atoms with Gasteiger partial charge in [0.2, 0.25) is 21.8 Å². The number of carbonyl (C=O) groups excluding carboxylic acids is 2. The minimum Gasteiger partial charge on any atom is -0.339 e. The third kappa shape index (κ3) is 3.13. The van der Waals surface area contributed by atoms with E-state index in [2.05, 4.69) is 11.9 Å². The normalized spacial score (nSPS) is 38.0. The lowest BCUT2D eigenvalue weighted by molar-refractivity contribution is -0.160. The molecule has 33 heavy (non-hydrogen) atoms. The highest BCUT2D eigenvalue weighted by Gasteiger charge is 2.57. The Kier molecular flexibility index (Phi) is 4.63. The molecule has 4 aliphatic carbocycles. The number of hydrogen-bond donors (Lipinski definition) is 1. The number of hydrogen-bond acceptors (Lipinski definition) is 4. The molecule has 1 aromatic carbocycles. The maximum atomic E-state index is 14.0. The summed E-state index contributed by atoms with van der Waals surface area (Å²) in [6.07, 6.45) is 8.04. The molecular formula is C25H31N3O4S. The number of nitrogens with one attached hydrogen (secondary N) is 1. The van der Waals surface area contributed by atoms with Crippen LogP contribution in [0.5, 0.6) is 0 Å². The molecule has 1 aromatic rings. The topological polar surface area (TPSA) is 86.8 Å². The minimum atomic E-state index is -3.64. The molecule has 1 saturated heterocycles. The smallest absolute Gasteiger partial charge is 0.247 e. The van der Waals surface area contributed by atoms with Gasteiger partial charge in [-0.2, -0.15) is 4.31 Å². The molecule has 7 rings (SSSR count). The van der Waals surface area contributed by atoms with Gasteiger partial charge in [-0.15, -0.1) is 0 Å². The first-order chi connectivity index (χ1) is 15.7. The summed E-state index contributed by atoms with van der Waals surface area (Å²) in [5.41, 5.74) is 0.955. The number of benzene rings is 1. The van der Waals surface area contributed by atoms with E-state index in [9.17, 15) is 18.0 Å². The summed E-state index contributed by atoms with van der Waals surface area (Å²) < 4.78 is 28.2. The lowest BCUT2D eigenvalue weighted by Gasteiger charge is -2.57. The van der Waals surface area contributed by atoms with Crippen molar-refractivity contribution in [1.82, 2.24) is 9.21 Å². The van der Waals surface area contributed by atoms with E-state index in [1.54, 1.807) is 22.5 Å². The Morgan fingerprint density at radius 2 is 1.73 bits per heavy atom. The number of rotatable bonds is 3. The van der Waals surface area contributed by atoms with E-state index in [1.165, 1.54) is 25.3 Å². The van der Waals surface area contributed by atoms with E-state index in [0.29, 0.717) is 42.1 Å². The molecule has 0 aromatic heterocycles. The Morgan fingerprint density at radius 1 is 1.09 bits per heavy atom. The molecule has 2 atom stereocenters. The first-order valence-electron chi connectivity index (χ1n) is 12.1. The average molecular weight is 470 g/mol. The maximum Gasteiger partial charge on any atom is 0.247 e. The number of carbonyl (C=O) groups is 2. The summed E-state index contributed by atoms with van der Waals surface area (Å²) in [4.78, 5) is 28.0. The molecule has 6 aliphatic rings. The zero-order valence-corrected chi connectivity index (χ0v) is 19.8. The van der Waals surface area contributed by atoms with Gasteiger partial charge >= 0.3 is 0 Å². The van der Waals surface area contributed by atoms with Gasteiger partial charge in [0.15, 0.2) is 0 Å². The van der Waals surface area contributed by atoms with Gasteiger partial charge in [0, 0.05) is 24.8 Å². The van der Waals surface area contributed by atoms with Crippen molar-refractivity contribution in [2.75, 3.05) is 18.4 Å². The second-order valence-corrected chi connectivity index (χ2v) is 12.9. The van der Waals surface area contributed by atoms with Crippen molar-refractivity contribution in [2.45, 2.75) is 62.4 Å². The molecule has 2 aliphatic heterocycles. The number of amides is 2. The second-order valence-electron chi connectivity index (χ2n) is 11.1. The molecule has 2 amide bonds. The fraction of sp³-hybridized carbons (Fsp3) is 0.600. The van der Waals surface area contributed by atoms with E-state index in [1.807, 2.05) is 11.8 Å². The molecule has 0 radical (unpaired) electrons. The van der Waals surface area contributed by atoms with E-state index >= 15 is 0 Å². The molecule has 176 valence electrons. The van der Waals surface area contributed by atoms with Gasteiger partial charge in [-0.25, -0.2) is 8.42 Å². The SMILES string of the molecule is C=CC(=O)Nc1ccc2c(c1)C1CN(C(=O)C34CC5CC(CC(C5)C3)C4)CC(C)N1S2(=O)=O. The van der Waals surface area contributed by atoms with Crippen LogP contribution in [0.4, 0.5) is 5.69 Å². The number of anilines is 1. The second kappa shape index (κ2) is 7.15. The fourth-order valence-electron chi connectivity index (χ4n) is 8.01. The Bertz CT molecular complexity index is 1120. The number of nitrogens with zero attached hydrogens (tertiary/aromatic N) is 2. The Labute approximate surface area is 195 Å². The number of fused-ring (bicyclic) bond motifs is 3. The highest BCUT2D eigenvalue weighted by atomic mass is 32.2. The summed E-state index contributed by atoms with van der Waals surface area (Å²) in [7, 11) is -3.64. The molecule has 1 N–H and O–H groups in total. The lowest BCUT2D eigenvalue weighted by Crippen LogP contribution is -2.60. The van der Waals surface area contributed by atoms with Crippen LogP contribution in [0.3, 0.4) is 0 Å². The van der Waals surface area contributed by atoms with Crippen molar-refractivity contribution < 1.29 is 18.0 Å². The zero-order chi connectivity index (χ0) is 23.1. The lowest BCUT2D eigenvalue weighted by atomic mass is 9.49.